The summed E-state index contributed by atoms with van der Waals surface area (Å²) in [5, 5.41) is 115. The summed E-state index contributed by atoms with van der Waals surface area (Å²) < 4.78 is 103. The van der Waals surface area contributed by atoms with E-state index in [4.69, 9.17) is 66.7 Å². The largest absolute Gasteiger partial charge is 0.472 e. The van der Waals surface area contributed by atoms with Crippen molar-refractivity contribution in [2.45, 2.75) is 277 Å². The Kier molecular flexibility index (Phi) is 44.1. The average Bonchev–Trinajstić information content (AvgIpc) is 1.67. The summed E-state index contributed by atoms with van der Waals surface area (Å²) in [6.45, 7) is -1.14. The van der Waals surface area contributed by atoms with Crippen molar-refractivity contribution in [3.05, 3.63) is 12.7 Å². The van der Waals surface area contributed by atoms with E-state index in [-0.39, 0.29) is 189 Å². The van der Waals surface area contributed by atoms with Crippen molar-refractivity contribution in [1.82, 2.24) is 51.0 Å². The van der Waals surface area contributed by atoms with Crippen LogP contribution in [-0.2, 0) is 123 Å². The predicted molar refractivity (Wildman–Crippen MR) is 431 cm³/mol. The summed E-state index contributed by atoms with van der Waals surface area (Å²) in [4.78, 5) is 179. The zero-order valence-electron chi connectivity index (χ0n) is 71.3. The Morgan fingerprint density at radius 2 is 0.969 bits per heavy atom. The molecule has 51 heteroatoms. The summed E-state index contributed by atoms with van der Waals surface area (Å²) in [5.74, 6) is -5.87. The second-order valence-corrected chi connectivity index (χ2v) is 35.6. The predicted octanol–water partition coefficient (Wildman–Crippen LogP) is -5.63. The molecule has 19 N–H and O–H groups in total. The molecule has 22 atom stereocenters. The number of nitrogens with one attached hydrogen (secondary N) is 5. The highest BCUT2D eigenvalue weighted by Crippen LogP contribution is 2.52. The minimum atomic E-state index is -5.18. The van der Waals surface area contributed by atoms with Crippen LogP contribution in [-0.4, -0.2) is 383 Å². The van der Waals surface area contributed by atoms with Gasteiger partial charge in [0, 0.05) is 124 Å². The zero-order valence-corrected chi connectivity index (χ0v) is 73.1. The molecule has 0 aliphatic carbocycles. The van der Waals surface area contributed by atoms with Gasteiger partial charge in [-0.15, -0.1) is 0 Å². The third-order valence-electron chi connectivity index (χ3n) is 21.3. The van der Waals surface area contributed by atoms with Gasteiger partial charge in [-0.1, -0.05) is 13.8 Å². The lowest BCUT2D eigenvalue weighted by Gasteiger charge is -2.42. The Bertz CT molecular complexity index is 3800. The minimum Gasteiger partial charge on any atom is -0.394 e. The highest BCUT2D eigenvalue weighted by atomic mass is 31.2. The number of nitrogen functional groups attached to an aromatic ring is 1. The monoisotopic (exact) mass is 1860 g/mol. The van der Waals surface area contributed by atoms with Crippen molar-refractivity contribution in [3.8, 4) is 0 Å². The van der Waals surface area contributed by atoms with Crippen molar-refractivity contribution >= 4 is 96.8 Å². The number of carbonyl (C=O) groups is 11. The van der Waals surface area contributed by atoms with Gasteiger partial charge in [0.15, 0.2) is 30.3 Å². The van der Waals surface area contributed by atoms with Crippen molar-refractivity contribution in [2.24, 2.45) is 0 Å². The number of fused-ring (bicyclic) bond motifs is 1. The summed E-state index contributed by atoms with van der Waals surface area (Å²) in [6.07, 6.45) is -23.5. The van der Waals surface area contributed by atoms with Crippen LogP contribution in [0.15, 0.2) is 12.7 Å². The second kappa shape index (κ2) is 52.3. The topological polar surface area (TPSA) is 718 Å². The molecule has 0 spiro atoms. The molecule has 2 aromatic rings. The van der Waals surface area contributed by atoms with Gasteiger partial charge in [-0.05, 0) is 19.3 Å². The molecule has 0 radical (unpaired) electrons. The van der Waals surface area contributed by atoms with Crippen molar-refractivity contribution in [2.75, 3.05) is 111 Å². The van der Waals surface area contributed by atoms with Crippen LogP contribution >= 0.6 is 15.4 Å². The number of phosphoric ester groups is 1. The molecule has 5 fully saturated rings. The molecule has 5 saturated heterocycles. The first-order valence-electron chi connectivity index (χ1n) is 41.8. The number of likely N-dealkylation sites (tertiary alicyclic amines) is 1. The van der Waals surface area contributed by atoms with E-state index >= 15 is 0 Å². The fourth-order valence-electron chi connectivity index (χ4n) is 14.3. The Hall–Kier alpha value is -7.02. The number of amides is 6. The number of hydrogen-bond donors (Lipinski definition) is 18. The van der Waals surface area contributed by atoms with Crippen LogP contribution in [0.5, 0.6) is 0 Å². The number of ketones is 5. The fraction of sp³-hybridized carbons (Fsp3) is 0.789. The Morgan fingerprint density at radius 3 is 1.41 bits per heavy atom. The second-order valence-electron chi connectivity index (χ2n) is 31.8. The first-order valence-corrected chi connectivity index (χ1v) is 44.9. The van der Waals surface area contributed by atoms with Gasteiger partial charge in [-0.3, -0.25) is 70.9 Å². The molecule has 0 aromatic carbocycles. The summed E-state index contributed by atoms with van der Waals surface area (Å²) in [6, 6.07) is -4.89. The highest BCUT2D eigenvalue weighted by Gasteiger charge is 2.50. The van der Waals surface area contributed by atoms with E-state index < -0.39 is 256 Å². The smallest absolute Gasteiger partial charge is 0.394 e. The number of aliphatic hydroxyl groups is 10. The van der Waals surface area contributed by atoms with Gasteiger partial charge in [0.05, 0.1) is 117 Å². The molecule has 49 nitrogen and oxygen atoms in total. The van der Waals surface area contributed by atoms with Gasteiger partial charge in [-0.25, -0.2) is 19.5 Å². The Balaban J connectivity index is 1.01. The van der Waals surface area contributed by atoms with Gasteiger partial charge < -0.3 is 150 Å². The van der Waals surface area contributed by atoms with E-state index in [0.29, 0.717) is 0 Å². The molecule has 0 bridgehead atoms. The molecule has 127 heavy (non-hydrogen) atoms. The molecule has 6 amide bonds. The number of ether oxygens (including phenoxy) is 10. The fourth-order valence-corrected chi connectivity index (χ4v) is 15.9. The number of hydrogen-bond acceptors (Lipinski definition) is 40. The maximum absolute atomic E-state index is 14.5. The number of nitrogens with two attached hydrogens (primary N) is 1. The molecule has 2 aromatic heterocycles. The molecule has 9 unspecified atom stereocenters. The lowest BCUT2D eigenvalue weighted by atomic mass is 9.97. The molecule has 7 rings (SSSR count). The third-order valence-corrected chi connectivity index (χ3v) is 24.1. The number of β-amino-alcohol motifs (C(OH)–C–C–N with tert-alkyl or cyclic N) is 1. The Morgan fingerprint density at radius 1 is 0.528 bits per heavy atom. The van der Waals surface area contributed by atoms with Crippen LogP contribution in [0.25, 0.3) is 11.2 Å². The number of nitrogens with zero attached hydrogens (tertiary/aromatic N) is 5. The van der Waals surface area contributed by atoms with E-state index in [2.05, 4.69) is 41.5 Å². The van der Waals surface area contributed by atoms with Crippen LogP contribution in [0.1, 0.15) is 150 Å². The Labute approximate surface area is 730 Å². The van der Waals surface area contributed by atoms with E-state index in [1.807, 2.05) is 0 Å². The number of carbonyl (C=O) groups excluding carboxylic acids is 11. The van der Waals surface area contributed by atoms with E-state index in [1.54, 1.807) is 0 Å². The van der Waals surface area contributed by atoms with Gasteiger partial charge in [0.2, 0.25) is 35.4 Å². The van der Waals surface area contributed by atoms with Gasteiger partial charge in [0.1, 0.15) is 138 Å². The van der Waals surface area contributed by atoms with Gasteiger partial charge >= 0.3 is 15.4 Å². The highest BCUT2D eigenvalue weighted by molar-refractivity contribution is 7.53. The van der Waals surface area contributed by atoms with Crippen molar-refractivity contribution in [1.29, 1.82) is 0 Å². The number of anilines is 1. The van der Waals surface area contributed by atoms with Crippen LogP contribution < -0.4 is 32.3 Å². The molecule has 7 heterocycles. The molecule has 0 saturated carbocycles. The SMILES string of the molecule is CC(=O)NC1[C@H](OCCC(=O)CCCC(=O)CCOCC(COCCC(=O)CCCC(=O)CCO[C@@H]2OC(CO)[C@H](O)[C@H](O)C2NC(C)=O)(COCCC(=O)NCCC(=O)CCO[C@@H]2OC(CO)[C@H](O)[C@H](O)C2NC(C)=O)NC(=O)CCC(=O)N2C[C@H](O)C[C@H]2COP(=O)(O)OC2C[C@H](n3cnc4c(N)ncnc43)O[C@@H]2COP(=O)(O)C(C)C)OC(CO)[C@H](O)[C@@H]1O. The first kappa shape index (κ1) is 107. The number of imidazole rings is 1. The van der Waals surface area contributed by atoms with Gasteiger partial charge in [-0.2, -0.15) is 0 Å². The number of aliphatic hydroxyl groups excluding tert-OH is 10. The third kappa shape index (κ3) is 34.0. The molecular formula is C76H123N11O38P2. The number of aromatic nitrogens is 4. The zero-order chi connectivity index (χ0) is 93.5. The molecular weight excluding hydrogens is 1740 g/mol. The maximum Gasteiger partial charge on any atom is 0.472 e. The van der Waals surface area contributed by atoms with Crippen LogP contribution in [0, 0.1) is 0 Å². The molecule has 720 valence electrons. The molecule has 5 aliphatic rings. The van der Waals surface area contributed by atoms with Gasteiger partial charge in [0.25, 0.3) is 0 Å². The lowest BCUT2D eigenvalue weighted by Crippen LogP contribution is -2.64. The number of phosphoric acid groups is 1. The van der Waals surface area contributed by atoms with Crippen molar-refractivity contribution in [3.63, 3.8) is 0 Å². The van der Waals surface area contributed by atoms with E-state index in [9.17, 15) is 123 Å². The van der Waals surface area contributed by atoms with E-state index in [1.165, 1.54) is 31.1 Å². The van der Waals surface area contributed by atoms with Crippen LogP contribution in [0.4, 0.5) is 5.82 Å². The van der Waals surface area contributed by atoms with Crippen LogP contribution in [0.2, 0.25) is 0 Å². The molecule has 5 aliphatic heterocycles. The number of Topliss-reactive ketones (excluding diaryl/α,β-unsaturated/α-hetero) is 5. The quantitative estimate of drug-likeness (QED) is 0.0217. The minimum absolute atomic E-state index is 0.0361. The van der Waals surface area contributed by atoms with E-state index in [0.717, 1.165) is 25.7 Å². The summed E-state index contributed by atoms with van der Waals surface area (Å²) >= 11 is 0. The standard InChI is InChI=1S/C76H123N11O38P2/c1-41(2)126(109,110)119-35-56-52(29-60(121-56)87-40-81-64-71(77)79-39-80-72(64)87)125-127(111,112)120-34-45-28-51(99)30-86(45)59(102)13-12-58(101)85-76(36-113-22-15-46(94)8-6-10-48(96)17-25-116-73-61(82-42(3)91)68(106)65(103)53(31-88)122-73,37-114-23-16-47(95)9-7-11-49(97)18-26-117-74-62(83-43(4)92)69(107)66(104)54(32-89)123-74)38-115-24-20-57(100)78-21-14-50(98)19-27-118-75-63(84-44(5)93)70(108)67(105)55(33-90)124-75/h39-41,45,51-56,60-63,65-70,73-75,88-90,99,103-108H,6-38H2,1-5H3,(H,78,100)(H,82,91)(H,83,92)(H,84,93)(H,85,101)(H,109,110)(H,111,112)(H2,77,79,80)/t45-,51+,52?,53?,54?,55?,56+,60+,61?,62?,63?,65-,66-,67-,68+,69+,70+,73+,74+,75+,76?/m0/s1. The first-order chi connectivity index (χ1) is 60.2. The van der Waals surface area contributed by atoms with Crippen molar-refractivity contribution < 1.29 is 184 Å². The average molecular weight is 1860 g/mol. The van der Waals surface area contributed by atoms with Crippen LogP contribution in [0.3, 0.4) is 0 Å². The lowest BCUT2D eigenvalue weighted by molar-refractivity contribution is -0.269. The number of rotatable bonds is 58. The summed E-state index contributed by atoms with van der Waals surface area (Å²) in [7, 11) is -9.43. The normalized spacial score (nSPS) is 28.2. The maximum atomic E-state index is 14.5. The summed E-state index contributed by atoms with van der Waals surface area (Å²) in [5.41, 5.74) is 3.74.